The Balaban J connectivity index is 3.07. The molecule has 1 unspecified atom stereocenters. The Morgan fingerprint density at radius 1 is 1.35 bits per heavy atom. The molecule has 1 atom stereocenters. The third kappa shape index (κ3) is 5.36. The molecule has 0 aliphatic rings. The van der Waals surface area contributed by atoms with Crippen LogP contribution in [-0.2, 0) is 19.1 Å². The largest absolute Gasteiger partial charge is 0.471 e. The average Bonchev–Trinajstić information content (AvgIpc) is 2.52. The second kappa shape index (κ2) is 8.68. The first kappa shape index (κ1) is 19.2. The standard InChI is InChI=1S/C13H13BrClNO7/c1-21-12(17)4-3-10(13(18)22-2)23-11-6-8(15)7(14)5-9(11)16(19)20/h5-6,10H,3-4H2,1-2H3. The first-order valence-corrected chi connectivity index (χ1v) is 7.42. The number of rotatable bonds is 7. The molecule has 8 nitrogen and oxygen atoms in total. The highest BCUT2D eigenvalue weighted by atomic mass is 79.9. The summed E-state index contributed by atoms with van der Waals surface area (Å²) in [7, 11) is 2.34. The fourth-order valence-electron chi connectivity index (χ4n) is 1.62. The van der Waals surface area contributed by atoms with E-state index in [9.17, 15) is 19.7 Å². The number of carbonyl (C=O) groups excluding carboxylic acids is 2. The summed E-state index contributed by atoms with van der Waals surface area (Å²) < 4.78 is 14.7. The van der Waals surface area contributed by atoms with Crippen molar-refractivity contribution in [2.45, 2.75) is 18.9 Å². The van der Waals surface area contributed by atoms with Crippen LogP contribution in [0, 0.1) is 10.1 Å². The van der Waals surface area contributed by atoms with Gasteiger partial charge in [0, 0.05) is 29.4 Å². The van der Waals surface area contributed by atoms with Crippen molar-refractivity contribution in [3.05, 3.63) is 31.7 Å². The first-order chi connectivity index (χ1) is 10.8. The summed E-state index contributed by atoms with van der Waals surface area (Å²) in [6, 6.07) is 2.37. The minimum atomic E-state index is -1.21. The van der Waals surface area contributed by atoms with Gasteiger partial charge in [-0.15, -0.1) is 0 Å². The van der Waals surface area contributed by atoms with E-state index < -0.39 is 23.0 Å². The topological polar surface area (TPSA) is 105 Å². The van der Waals surface area contributed by atoms with Gasteiger partial charge in [-0.25, -0.2) is 4.79 Å². The molecule has 23 heavy (non-hydrogen) atoms. The van der Waals surface area contributed by atoms with Crippen molar-refractivity contribution in [3.63, 3.8) is 0 Å². The van der Waals surface area contributed by atoms with E-state index in [4.69, 9.17) is 16.3 Å². The van der Waals surface area contributed by atoms with Crippen LogP contribution in [0.3, 0.4) is 0 Å². The molecule has 0 amide bonds. The number of benzene rings is 1. The Morgan fingerprint density at radius 2 is 2.00 bits per heavy atom. The third-order valence-electron chi connectivity index (χ3n) is 2.77. The number of halogens is 2. The zero-order valence-corrected chi connectivity index (χ0v) is 14.5. The quantitative estimate of drug-likeness (QED) is 0.386. The molecule has 1 aromatic rings. The van der Waals surface area contributed by atoms with Crippen LogP contribution < -0.4 is 4.74 Å². The number of methoxy groups -OCH3 is 2. The minimum absolute atomic E-state index is 0.0653. The van der Waals surface area contributed by atoms with Crippen molar-refractivity contribution in [1.82, 2.24) is 0 Å². The number of carbonyl (C=O) groups is 2. The second-order valence-corrected chi connectivity index (χ2v) is 5.50. The molecular weight excluding hydrogens is 398 g/mol. The monoisotopic (exact) mass is 409 g/mol. The summed E-state index contributed by atoms with van der Waals surface area (Å²) in [4.78, 5) is 33.3. The Hall–Kier alpha value is -1.87. The van der Waals surface area contributed by atoms with Crippen molar-refractivity contribution in [1.29, 1.82) is 0 Å². The average molecular weight is 411 g/mol. The predicted octanol–water partition coefficient (Wildman–Crippen LogP) is 2.88. The molecule has 0 spiro atoms. The lowest BCUT2D eigenvalue weighted by Gasteiger charge is -2.16. The van der Waals surface area contributed by atoms with E-state index in [2.05, 4.69) is 25.4 Å². The molecule has 10 heteroatoms. The van der Waals surface area contributed by atoms with E-state index in [-0.39, 0.29) is 29.3 Å². The van der Waals surface area contributed by atoms with Gasteiger partial charge >= 0.3 is 17.6 Å². The van der Waals surface area contributed by atoms with Gasteiger partial charge in [0.05, 0.1) is 24.2 Å². The van der Waals surface area contributed by atoms with Crippen LogP contribution in [0.5, 0.6) is 5.75 Å². The molecule has 1 aromatic carbocycles. The molecular formula is C13H13BrClNO7. The van der Waals surface area contributed by atoms with E-state index in [1.54, 1.807) is 0 Å². The SMILES string of the molecule is COC(=O)CCC(Oc1cc(Cl)c(Br)cc1[N+](=O)[O-])C(=O)OC. The second-order valence-electron chi connectivity index (χ2n) is 4.24. The van der Waals surface area contributed by atoms with E-state index >= 15 is 0 Å². The molecule has 0 N–H and O–H groups in total. The third-order valence-corrected chi connectivity index (χ3v) is 3.97. The highest BCUT2D eigenvalue weighted by Crippen LogP contribution is 2.36. The van der Waals surface area contributed by atoms with Gasteiger partial charge in [0.15, 0.2) is 11.9 Å². The number of nitro benzene ring substituents is 1. The molecule has 0 radical (unpaired) electrons. The smallest absolute Gasteiger partial charge is 0.347 e. The fraction of sp³-hybridized carbons (Fsp3) is 0.385. The van der Waals surface area contributed by atoms with Crippen LogP contribution in [0.1, 0.15) is 12.8 Å². The summed E-state index contributed by atoms with van der Waals surface area (Å²) in [5.41, 5.74) is -0.381. The number of nitrogens with zero attached hydrogens (tertiary/aromatic N) is 1. The van der Waals surface area contributed by atoms with Crippen molar-refractivity contribution >= 4 is 45.2 Å². The van der Waals surface area contributed by atoms with Crippen molar-refractivity contribution in [3.8, 4) is 5.75 Å². The molecule has 0 heterocycles. The van der Waals surface area contributed by atoms with E-state index in [0.29, 0.717) is 4.47 Å². The van der Waals surface area contributed by atoms with Gasteiger partial charge in [0.2, 0.25) is 0 Å². The summed E-state index contributed by atoms with van der Waals surface area (Å²) in [6.07, 6.45) is -1.39. The number of hydrogen-bond donors (Lipinski definition) is 0. The first-order valence-electron chi connectivity index (χ1n) is 6.24. The van der Waals surface area contributed by atoms with E-state index in [0.717, 1.165) is 13.2 Å². The number of ether oxygens (including phenoxy) is 3. The molecule has 0 aromatic heterocycles. The van der Waals surface area contributed by atoms with Crippen LogP contribution in [0.25, 0.3) is 0 Å². The molecule has 0 aliphatic heterocycles. The van der Waals surface area contributed by atoms with Crippen LogP contribution in [0.4, 0.5) is 5.69 Å². The van der Waals surface area contributed by atoms with E-state index in [1.807, 2.05) is 0 Å². The Bertz CT molecular complexity index is 623. The molecule has 1 rings (SSSR count). The van der Waals surface area contributed by atoms with Gasteiger partial charge in [-0.3, -0.25) is 14.9 Å². The zero-order chi connectivity index (χ0) is 17.6. The fourth-order valence-corrected chi connectivity index (χ4v) is 2.10. The van der Waals surface area contributed by atoms with Gasteiger partial charge in [0.25, 0.3) is 0 Å². The maximum atomic E-state index is 11.7. The zero-order valence-electron chi connectivity index (χ0n) is 12.2. The molecule has 0 fully saturated rings. The van der Waals surface area contributed by atoms with Crippen LogP contribution in [0.2, 0.25) is 5.02 Å². The molecule has 0 aliphatic carbocycles. The van der Waals surface area contributed by atoms with Gasteiger partial charge < -0.3 is 14.2 Å². The van der Waals surface area contributed by atoms with Gasteiger partial charge in [-0.1, -0.05) is 11.6 Å². The van der Waals surface area contributed by atoms with E-state index in [1.165, 1.54) is 13.2 Å². The normalized spacial score (nSPS) is 11.5. The Kier molecular flexibility index (Phi) is 7.24. The van der Waals surface area contributed by atoms with Crippen LogP contribution in [-0.4, -0.2) is 37.2 Å². The Morgan fingerprint density at radius 3 is 2.52 bits per heavy atom. The lowest BCUT2D eigenvalue weighted by Crippen LogP contribution is -2.29. The van der Waals surface area contributed by atoms with Crippen LogP contribution >= 0.6 is 27.5 Å². The maximum absolute atomic E-state index is 11.7. The number of nitro groups is 1. The molecule has 0 bridgehead atoms. The minimum Gasteiger partial charge on any atom is -0.471 e. The summed E-state index contributed by atoms with van der Waals surface area (Å²) in [5, 5.41) is 11.3. The van der Waals surface area contributed by atoms with Gasteiger partial charge in [0.1, 0.15) is 0 Å². The van der Waals surface area contributed by atoms with Crippen molar-refractivity contribution in [2.24, 2.45) is 0 Å². The lowest BCUT2D eigenvalue weighted by atomic mass is 10.2. The van der Waals surface area contributed by atoms with Gasteiger partial charge in [-0.2, -0.15) is 0 Å². The van der Waals surface area contributed by atoms with Crippen molar-refractivity contribution in [2.75, 3.05) is 14.2 Å². The maximum Gasteiger partial charge on any atom is 0.347 e. The molecule has 0 saturated carbocycles. The molecule has 126 valence electrons. The number of esters is 2. The van der Waals surface area contributed by atoms with Gasteiger partial charge in [-0.05, 0) is 15.9 Å². The highest BCUT2D eigenvalue weighted by Gasteiger charge is 2.27. The summed E-state index contributed by atoms with van der Waals surface area (Å²) in [6.45, 7) is 0. The van der Waals surface area contributed by atoms with Crippen LogP contribution in [0.15, 0.2) is 16.6 Å². The summed E-state index contributed by atoms with van der Waals surface area (Å²) in [5.74, 6) is -1.53. The lowest BCUT2D eigenvalue weighted by molar-refractivity contribution is -0.386. The summed E-state index contributed by atoms with van der Waals surface area (Å²) >= 11 is 8.97. The Labute approximate surface area is 144 Å². The predicted molar refractivity (Wildman–Crippen MR) is 83.5 cm³/mol. The molecule has 0 saturated heterocycles. The number of hydrogen-bond acceptors (Lipinski definition) is 7. The van der Waals surface area contributed by atoms with Crippen molar-refractivity contribution < 1.29 is 28.7 Å². The highest BCUT2D eigenvalue weighted by molar-refractivity contribution is 9.10.